The van der Waals surface area contributed by atoms with Gasteiger partial charge in [0.15, 0.2) is 0 Å². The maximum atomic E-state index is 5.79. The van der Waals surface area contributed by atoms with Crippen LogP contribution in [0.1, 0.15) is 22.9 Å². The van der Waals surface area contributed by atoms with Crippen LogP contribution in [0.25, 0.3) is 10.9 Å². The molecule has 0 bridgehead atoms. The van der Waals surface area contributed by atoms with E-state index in [0.29, 0.717) is 0 Å². The molecule has 4 nitrogen and oxygen atoms in total. The Morgan fingerprint density at radius 2 is 1.80 bits per heavy atom. The third-order valence-electron chi connectivity index (χ3n) is 3.48. The number of hydrogen-bond donors (Lipinski definition) is 2. The average molecular weight is 264 g/mol. The molecule has 3 N–H and O–H groups in total. The van der Waals surface area contributed by atoms with Gasteiger partial charge >= 0.3 is 0 Å². The van der Waals surface area contributed by atoms with E-state index < -0.39 is 0 Å². The second-order valence-corrected chi connectivity index (χ2v) is 4.72. The van der Waals surface area contributed by atoms with Gasteiger partial charge in [-0.2, -0.15) is 0 Å². The Labute approximate surface area is 117 Å². The van der Waals surface area contributed by atoms with Gasteiger partial charge in [0.1, 0.15) is 0 Å². The molecule has 0 aliphatic rings. The highest BCUT2D eigenvalue weighted by Gasteiger charge is 2.18. The zero-order chi connectivity index (χ0) is 13.9. The van der Waals surface area contributed by atoms with Crippen LogP contribution in [0, 0.1) is 6.92 Å². The average Bonchev–Trinajstić information content (AvgIpc) is 2.50. The van der Waals surface area contributed by atoms with E-state index in [2.05, 4.69) is 27.5 Å². The summed E-state index contributed by atoms with van der Waals surface area (Å²) in [6.45, 7) is 2.04. The van der Waals surface area contributed by atoms with Gasteiger partial charge in [0.05, 0.1) is 17.3 Å². The predicted molar refractivity (Wildman–Crippen MR) is 79.9 cm³/mol. The molecule has 2 heterocycles. The summed E-state index contributed by atoms with van der Waals surface area (Å²) in [6, 6.07) is 13.9. The number of nitrogens with zero attached hydrogens (tertiary/aromatic N) is 2. The largest absolute Gasteiger partial charge is 0.271 e. The van der Waals surface area contributed by atoms with Gasteiger partial charge in [0, 0.05) is 17.8 Å². The first kappa shape index (κ1) is 12.7. The molecule has 2 aromatic heterocycles. The Morgan fingerprint density at radius 1 is 1.00 bits per heavy atom. The van der Waals surface area contributed by atoms with Crippen LogP contribution in [0.2, 0.25) is 0 Å². The van der Waals surface area contributed by atoms with Crippen molar-refractivity contribution in [3.05, 3.63) is 71.7 Å². The number of fused-ring (bicyclic) bond motifs is 1. The van der Waals surface area contributed by atoms with Crippen molar-refractivity contribution in [1.82, 2.24) is 15.4 Å². The van der Waals surface area contributed by atoms with Gasteiger partial charge in [0.25, 0.3) is 0 Å². The van der Waals surface area contributed by atoms with Gasteiger partial charge in [-0.3, -0.25) is 15.8 Å². The number of benzene rings is 1. The molecule has 1 aromatic carbocycles. The molecule has 1 unspecified atom stereocenters. The van der Waals surface area contributed by atoms with Crippen LogP contribution in [-0.4, -0.2) is 9.97 Å². The summed E-state index contributed by atoms with van der Waals surface area (Å²) in [6.07, 6.45) is 3.58. The summed E-state index contributed by atoms with van der Waals surface area (Å²) >= 11 is 0. The fourth-order valence-corrected chi connectivity index (χ4v) is 2.49. The molecule has 3 aromatic rings. The summed E-state index contributed by atoms with van der Waals surface area (Å²) in [7, 11) is 0. The highest BCUT2D eigenvalue weighted by atomic mass is 15.2. The molecule has 0 amide bonds. The number of pyridine rings is 2. The van der Waals surface area contributed by atoms with Gasteiger partial charge in [-0.25, -0.2) is 5.43 Å². The lowest BCUT2D eigenvalue weighted by Gasteiger charge is -2.19. The SMILES string of the molecule is Cc1cccnc1C(NN)c1cccc2ncccc12. The Bertz CT molecular complexity index is 734. The van der Waals surface area contributed by atoms with E-state index in [0.717, 1.165) is 27.7 Å². The number of aromatic nitrogens is 2. The van der Waals surface area contributed by atoms with Crippen molar-refractivity contribution in [2.75, 3.05) is 0 Å². The van der Waals surface area contributed by atoms with Gasteiger partial charge in [0.2, 0.25) is 0 Å². The molecule has 0 saturated carbocycles. The summed E-state index contributed by atoms with van der Waals surface area (Å²) < 4.78 is 0. The van der Waals surface area contributed by atoms with Gasteiger partial charge in [-0.1, -0.05) is 24.3 Å². The molecule has 0 aliphatic heterocycles. The van der Waals surface area contributed by atoms with Crippen LogP contribution < -0.4 is 11.3 Å². The van der Waals surface area contributed by atoms with Crippen molar-refractivity contribution < 1.29 is 0 Å². The fraction of sp³-hybridized carbons (Fsp3) is 0.125. The van der Waals surface area contributed by atoms with Crippen LogP contribution >= 0.6 is 0 Å². The van der Waals surface area contributed by atoms with E-state index >= 15 is 0 Å². The van der Waals surface area contributed by atoms with Crippen molar-refractivity contribution in [3.8, 4) is 0 Å². The normalized spacial score (nSPS) is 12.5. The number of rotatable bonds is 3. The second-order valence-electron chi connectivity index (χ2n) is 4.72. The first-order chi connectivity index (χ1) is 9.81. The molecule has 100 valence electrons. The van der Waals surface area contributed by atoms with Gasteiger partial charge in [-0.15, -0.1) is 0 Å². The number of nitrogens with two attached hydrogens (primary N) is 1. The molecule has 0 radical (unpaired) electrons. The summed E-state index contributed by atoms with van der Waals surface area (Å²) in [4.78, 5) is 8.86. The van der Waals surface area contributed by atoms with E-state index in [4.69, 9.17) is 5.84 Å². The van der Waals surface area contributed by atoms with Gasteiger partial charge in [-0.05, 0) is 36.2 Å². The summed E-state index contributed by atoms with van der Waals surface area (Å²) in [5.74, 6) is 5.79. The Hall–Kier alpha value is -2.30. The topological polar surface area (TPSA) is 63.8 Å². The Kier molecular flexibility index (Phi) is 3.41. The molecule has 0 saturated heterocycles. The van der Waals surface area contributed by atoms with E-state index in [-0.39, 0.29) is 6.04 Å². The molecule has 0 fully saturated rings. The van der Waals surface area contributed by atoms with Crippen molar-refractivity contribution in [3.63, 3.8) is 0 Å². The number of hydrazine groups is 1. The third-order valence-corrected chi connectivity index (χ3v) is 3.48. The molecule has 20 heavy (non-hydrogen) atoms. The molecule has 0 aliphatic carbocycles. The minimum Gasteiger partial charge on any atom is -0.271 e. The zero-order valence-electron chi connectivity index (χ0n) is 11.2. The summed E-state index contributed by atoms with van der Waals surface area (Å²) in [5.41, 5.74) is 6.96. The van der Waals surface area contributed by atoms with Crippen LogP contribution in [0.3, 0.4) is 0 Å². The minimum atomic E-state index is -0.149. The molecule has 0 spiro atoms. The maximum absolute atomic E-state index is 5.79. The van der Waals surface area contributed by atoms with Gasteiger partial charge < -0.3 is 0 Å². The van der Waals surface area contributed by atoms with E-state index in [1.54, 1.807) is 12.4 Å². The third kappa shape index (κ3) is 2.15. The van der Waals surface area contributed by atoms with Crippen molar-refractivity contribution >= 4 is 10.9 Å². The quantitative estimate of drug-likeness (QED) is 0.563. The number of hydrogen-bond acceptors (Lipinski definition) is 4. The first-order valence-electron chi connectivity index (χ1n) is 6.52. The number of aryl methyl sites for hydroxylation is 1. The fourth-order valence-electron chi connectivity index (χ4n) is 2.49. The summed E-state index contributed by atoms with van der Waals surface area (Å²) in [5, 5.41) is 1.09. The highest BCUT2D eigenvalue weighted by Crippen LogP contribution is 2.27. The van der Waals surface area contributed by atoms with E-state index in [1.807, 2.05) is 37.3 Å². The van der Waals surface area contributed by atoms with E-state index in [9.17, 15) is 0 Å². The number of nitrogens with one attached hydrogen (secondary N) is 1. The Balaban J connectivity index is 2.20. The first-order valence-corrected chi connectivity index (χ1v) is 6.52. The lowest BCUT2D eigenvalue weighted by Crippen LogP contribution is -2.30. The highest BCUT2D eigenvalue weighted by molar-refractivity contribution is 5.82. The molecule has 1 atom stereocenters. The van der Waals surface area contributed by atoms with Crippen LogP contribution in [0.5, 0.6) is 0 Å². The molecular formula is C16H16N4. The van der Waals surface area contributed by atoms with Crippen molar-refractivity contribution in [1.29, 1.82) is 0 Å². The smallest absolute Gasteiger partial charge is 0.0890 e. The molecule has 3 rings (SSSR count). The van der Waals surface area contributed by atoms with Crippen LogP contribution in [0.4, 0.5) is 0 Å². The predicted octanol–water partition coefficient (Wildman–Crippen LogP) is 2.49. The van der Waals surface area contributed by atoms with Crippen LogP contribution in [0.15, 0.2) is 54.9 Å². The van der Waals surface area contributed by atoms with Crippen molar-refractivity contribution in [2.45, 2.75) is 13.0 Å². The maximum Gasteiger partial charge on any atom is 0.0890 e. The lowest BCUT2D eigenvalue weighted by molar-refractivity contribution is 0.620. The minimum absolute atomic E-state index is 0.149. The standard InChI is InChI=1S/C16H16N4/c1-11-5-3-10-19-15(11)16(20-17)13-6-2-8-14-12(13)7-4-9-18-14/h2-10,16,20H,17H2,1H3. The van der Waals surface area contributed by atoms with Crippen LogP contribution in [-0.2, 0) is 0 Å². The Morgan fingerprint density at radius 3 is 2.60 bits per heavy atom. The van der Waals surface area contributed by atoms with E-state index in [1.165, 1.54) is 0 Å². The molecular weight excluding hydrogens is 248 g/mol. The lowest BCUT2D eigenvalue weighted by atomic mass is 9.97. The second kappa shape index (κ2) is 5.36. The monoisotopic (exact) mass is 264 g/mol. The zero-order valence-corrected chi connectivity index (χ0v) is 11.2. The molecule has 4 heteroatoms. The van der Waals surface area contributed by atoms with Crippen molar-refractivity contribution in [2.24, 2.45) is 5.84 Å².